The van der Waals surface area contributed by atoms with Gasteiger partial charge >= 0.3 is 0 Å². The Balaban J connectivity index is 2.28. The number of rotatable bonds is 3. The largest absolute Gasteiger partial charge is 0.243 e. The van der Waals surface area contributed by atoms with Crippen LogP contribution in [0.4, 0.5) is 0 Å². The summed E-state index contributed by atoms with van der Waals surface area (Å²) in [6, 6.07) is 5.02. The minimum Gasteiger partial charge on any atom is -0.225 e. The molecule has 21 heavy (non-hydrogen) atoms. The maximum Gasteiger partial charge on any atom is 0.243 e. The minimum absolute atomic E-state index is 0.0941. The smallest absolute Gasteiger partial charge is 0.225 e. The van der Waals surface area contributed by atoms with E-state index in [0.29, 0.717) is 24.9 Å². The van der Waals surface area contributed by atoms with Gasteiger partial charge in [0.25, 0.3) is 0 Å². The van der Waals surface area contributed by atoms with E-state index in [4.69, 9.17) is 5.14 Å². The van der Waals surface area contributed by atoms with Crippen molar-refractivity contribution in [3.05, 3.63) is 24.3 Å². The number of piperidine rings is 1. The molecule has 2 unspecified atom stereocenters. The van der Waals surface area contributed by atoms with Gasteiger partial charge in [0.15, 0.2) is 0 Å². The van der Waals surface area contributed by atoms with Gasteiger partial charge in [-0.25, -0.2) is 22.0 Å². The third kappa shape index (κ3) is 3.45. The van der Waals surface area contributed by atoms with Crippen LogP contribution in [0.5, 0.6) is 0 Å². The van der Waals surface area contributed by atoms with Gasteiger partial charge in [-0.15, -0.1) is 0 Å². The van der Waals surface area contributed by atoms with Crippen molar-refractivity contribution < 1.29 is 16.8 Å². The zero-order valence-electron chi connectivity index (χ0n) is 12.1. The average molecular weight is 332 g/mol. The Kier molecular flexibility index (Phi) is 4.44. The van der Waals surface area contributed by atoms with E-state index in [1.54, 1.807) is 0 Å². The highest BCUT2D eigenvalue weighted by Gasteiger charge is 2.31. The van der Waals surface area contributed by atoms with Crippen molar-refractivity contribution in [3.8, 4) is 0 Å². The Morgan fingerprint density at radius 1 is 1.00 bits per heavy atom. The lowest BCUT2D eigenvalue weighted by atomic mass is 9.90. The quantitative estimate of drug-likeness (QED) is 0.893. The lowest BCUT2D eigenvalue weighted by Gasteiger charge is -2.34. The summed E-state index contributed by atoms with van der Waals surface area (Å²) < 4.78 is 48.9. The zero-order chi connectivity index (χ0) is 15.8. The fourth-order valence-corrected chi connectivity index (χ4v) is 4.46. The van der Waals surface area contributed by atoms with Gasteiger partial charge in [0, 0.05) is 13.1 Å². The second kappa shape index (κ2) is 5.68. The molecule has 0 spiro atoms. The number of sulfonamides is 2. The van der Waals surface area contributed by atoms with Gasteiger partial charge in [0.1, 0.15) is 0 Å². The maximum atomic E-state index is 12.5. The van der Waals surface area contributed by atoms with E-state index in [9.17, 15) is 16.8 Å². The number of benzene rings is 1. The van der Waals surface area contributed by atoms with Crippen LogP contribution in [0.15, 0.2) is 34.1 Å². The first-order chi connectivity index (χ1) is 9.62. The first-order valence-electron chi connectivity index (χ1n) is 6.75. The van der Waals surface area contributed by atoms with Crippen molar-refractivity contribution in [2.45, 2.75) is 30.1 Å². The molecule has 0 aromatic heterocycles. The van der Waals surface area contributed by atoms with Gasteiger partial charge in [-0.2, -0.15) is 4.31 Å². The summed E-state index contributed by atoms with van der Waals surface area (Å²) in [6.07, 6.45) is 0.829. The summed E-state index contributed by atoms with van der Waals surface area (Å²) in [4.78, 5) is -0.00117. The highest BCUT2D eigenvalue weighted by molar-refractivity contribution is 7.89. The van der Waals surface area contributed by atoms with Gasteiger partial charge < -0.3 is 0 Å². The minimum atomic E-state index is -3.81. The average Bonchev–Trinajstić information content (AvgIpc) is 2.41. The van der Waals surface area contributed by atoms with E-state index in [2.05, 4.69) is 6.92 Å². The van der Waals surface area contributed by atoms with Crippen LogP contribution >= 0.6 is 0 Å². The van der Waals surface area contributed by atoms with Gasteiger partial charge in [0.2, 0.25) is 20.0 Å². The Bertz CT molecular complexity index is 711. The summed E-state index contributed by atoms with van der Waals surface area (Å²) in [7, 11) is -7.40. The lowest BCUT2D eigenvalue weighted by Crippen LogP contribution is -2.42. The SMILES string of the molecule is CC1CCN(S(=O)(=O)c2ccc(S(N)(=O)=O)cc2)CC1C. The van der Waals surface area contributed by atoms with Crippen LogP contribution in [0, 0.1) is 11.8 Å². The van der Waals surface area contributed by atoms with E-state index in [-0.39, 0.29) is 9.79 Å². The first-order valence-corrected chi connectivity index (χ1v) is 9.74. The molecule has 8 heteroatoms. The van der Waals surface area contributed by atoms with E-state index < -0.39 is 20.0 Å². The highest BCUT2D eigenvalue weighted by Crippen LogP contribution is 2.27. The molecule has 2 rings (SSSR count). The molecule has 1 aromatic rings. The lowest BCUT2D eigenvalue weighted by molar-refractivity contribution is 0.212. The van der Waals surface area contributed by atoms with Crippen LogP contribution in [0.1, 0.15) is 20.3 Å². The maximum absolute atomic E-state index is 12.5. The molecule has 1 aliphatic rings. The molecule has 0 aliphatic carbocycles. The van der Waals surface area contributed by atoms with Crippen molar-refractivity contribution in [3.63, 3.8) is 0 Å². The number of nitrogens with zero attached hydrogens (tertiary/aromatic N) is 1. The van der Waals surface area contributed by atoms with Gasteiger partial charge in [-0.05, 0) is 42.5 Å². The molecule has 1 saturated heterocycles. The van der Waals surface area contributed by atoms with Gasteiger partial charge in [-0.1, -0.05) is 13.8 Å². The molecule has 1 aliphatic heterocycles. The van der Waals surface area contributed by atoms with Crippen molar-refractivity contribution in [1.82, 2.24) is 4.31 Å². The second-order valence-electron chi connectivity index (χ2n) is 5.62. The third-order valence-corrected chi connectivity index (χ3v) is 6.90. The standard InChI is InChI=1S/C13H20N2O4S2/c1-10-7-8-15(9-11(10)2)21(18,19)13-5-3-12(4-6-13)20(14,16)17/h3-6,10-11H,7-9H2,1-2H3,(H2,14,16,17). The molecule has 0 saturated carbocycles. The van der Waals surface area contributed by atoms with Crippen molar-refractivity contribution in [2.24, 2.45) is 17.0 Å². The summed E-state index contributed by atoms with van der Waals surface area (Å²) in [5.41, 5.74) is 0. The van der Waals surface area contributed by atoms with Crippen LogP contribution in [-0.4, -0.2) is 34.2 Å². The van der Waals surface area contributed by atoms with Gasteiger partial charge in [-0.3, -0.25) is 0 Å². The molecule has 0 radical (unpaired) electrons. The topological polar surface area (TPSA) is 97.5 Å². The summed E-state index contributed by atoms with van der Waals surface area (Å²) in [5, 5.41) is 5.00. The van der Waals surface area contributed by atoms with E-state index in [1.165, 1.54) is 28.6 Å². The summed E-state index contributed by atoms with van der Waals surface area (Å²) >= 11 is 0. The molecule has 1 fully saturated rings. The van der Waals surface area contributed by atoms with Crippen molar-refractivity contribution in [1.29, 1.82) is 0 Å². The third-order valence-electron chi connectivity index (χ3n) is 4.09. The molecule has 6 nitrogen and oxygen atoms in total. The van der Waals surface area contributed by atoms with Crippen LogP contribution in [0.25, 0.3) is 0 Å². The van der Waals surface area contributed by atoms with Crippen LogP contribution in [-0.2, 0) is 20.0 Å². The van der Waals surface area contributed by atoms with Crippen LogP contribution in [0.3, 0.4) is 0 Å². The monoisotopic (exact) mass is 332 g/mol. The molecular weight excluding hydrogens is 312 g/mol. The molecule has 2 atom stereocenters. The van der Waals surface area contributed by atoms with E-state index in [0.717, 1.165) is 6.42 Å². The fourth-order valence-electron chi connectivity index (χ4n) is 2.39. The number of hydrogen-bond acceptors (Lipinski definition) is 4. The molecular formula is C13H20N2O4S2. The molecule has 2 N–H and O–H groups in total. The first kappa shape index (κ1) is 16.4. The van der Waals surface area contributed by atoms with Crippen molar-refractivity contribution in [2.75, 3.05) is 13.1 Å². The van der Waals surface area contributed by atoms with E-state index in [1.807, 2.05) is 6.92 Å². The summed E-state index contributed by atoms with van der Waals surface area (Å²) in [5.74, 6) is 0.804. The second-order valence-corrected chi connectivity index (χ2v) is 9.12. The van der Waals surface area contributed by atoms with Crippen molar-refractivity contribution >= 4 is 20.0 Å². The van der Waals surface area contributed by atoms with E-state index >= 15 is 0 Å². The Hall–Kier alpha value is -0.960. The Morgan fingerprint density at radius 3 is 2.00 bits per heavy atom. The molecule has 1 aromatic carbocycles. The number of hydrogen-bond donors (Lipinski definition) is 1. The van der Waals surface area contributed by atoms with Crippen LogP contribution in [0.2, 0.25) is 0 Å². The summed E-state index contributed by atoms with van der Waals surface area (Å²) in [6.45, 7) is 5.14. The Labute approximate surface area is 126 Å². The zero-order valence-corrected chi connectivity index (χ0v) is 13.7. The molecule has 0 amide bonds. The van der Waals surface area contributed by atoms with Gasteiger partial charge in [0.05, 0.1) is 9.79 Å². The number of nitrogens with two attached hydrogens (primary N) is 1. The van der Waals surface area contributed by atoms with Crippen LogP contribution < -0.4 is 5.14 Å². The predicted molar refractivity (Wildman–Crippen MR) is 79.5 cm³/mol. The predicted octanol–water partition coefficient (Wildman–Crippen LogP) is 1.00. The normalized spacial score (nSPS) is 24.9. The molecule has 0 bridgehead atoms. The molecule has 118 valence electrons. The highest BCUT2D eigenvalue weighted by atomic mass is 32.2. The fraction of sp³-hybridized carbons (Fsp3) is 0.538. The Morgan fingerprint density at radius 2 is 1.52 bits per heavy atom. The number of primary sulfonamides is 1. The molecule has 1 heterocycles.